The van der Waals surface area contributed by atoms with Gasteiger partial charge >= 0.3 is 0 Å². The fourth-order valence-electron chi connectivity index (χ4n) is 0.908. The molecule has 0 aliphatic rings. The van der Waals surface area contributed by atoms with E-state index in [4.69, 9.17) is 5.11 Å². The van der Waals surface area contributed by atoms with Crippen LogP contribution in [-0.4, -0.2) is 11.7 Å². The molecule has 0 unspecified atom stereocenters. The normalized spacial score (nSPS) is 8.91. The lowest BCUT2D eigenvalue weighted by molar-refractivity contribution is -0.698. The fourth-order valence-corrected chi connectivity index (χ4v) is 0.908. The zero-order chi connectivity index (χ0) is 7.40. The van der Waals surface area contributed by atoms with Crippen molar-refractivity contribution < 1.29 is 22.1 Å². The van der Waals surface area contributed by atoms with Crippen LogP contribution < -0.4 is 17.0 Å². The van der Waals surface area contributed by atoms with Gasteiger partial charge in [-0.15, -0.1) is 0 Å². The van der Waals surface area contributed by atoms with Gasteiger partial charge in [0.2, 0.25) is 0 Å². The number of aliphatic hydroxyl groups is 1. The van der Waals surface area contributed by atoms with Gasteiger partial charge in [-0.2, -0.15) is 0 Å². The van der Waals surface area contributed by atoms with Crippen LogP contribution in [0.5, 0.6) is 0 Å². The molecule has 3 heteroatoms. The lowest BCUT2D eigenvalue weighted by Gasteiger charge is -1.92. The molecule has 1 N–H and O–H groups in total. The first-order valence-corrected chi connectivity index (χ1v) is 3.39. The van der Waals surface area contributed by atoms with Gasteiger partial charge in [-0.3, -0.25) is 0 Å². The molecule has 0 aromatic carbocycles. The van der Waals surface area contributed by atoms with Crippen molar-refractivity contribution in [1.29, 1.82) is 0 Å². The third-order valence-corrected chi connectivity index (χ3v) is 1.36. The molecule has 0 aliphatic carbocycles. The third-order valence-electron chi connectivity index (χ3n) is 1.36. The van der Waals surface area contributed by atoms with Crippen molar-refractivity contribution in [2.24, 2.45) is 0 Å². The van der Waals surface area contributed by atoms with Crippen LogP contribution in [0.2, 0.25) is 0 Å². The van der Waals surface area contributed by atoms with E-state index in [1.165, 1.54) is 5.56 Å². The molecule has 0 atom stereocenters. The lowest BCUT2D eigenvalue weighted by Crippen LogP contribution is -3.00. The van der Waals surface area contributed by atoms with E-state index in [0.29, 0.717) is 6.54 Å². The Morgan fingerprint density at radius 2 is 2.27 bits per heavy atom. The highest BCUT2D eigenvalue weighted by molar-refractivity contribution is 5.01. The van der Waals surface area contributed by atoms with Gasteiger partial charge in [0, 0.05) is 11.6 Å². The zero-order valence-corrected chi connectivity index (χ0v) is 7.25. The van der Waals surface area contributed by atoms with Crippen LogP contribution in [0.4, 0.5) is 0 Å². The van der Waals surface area contributed by atoms with E-state index < -0.39 is 0 Å². The summed E-state index contributed by atoms with van der Waals surface area (Å²) in [4.78, 5) is 0. The topological polar surface area (TPSA) is 24.1 Å². The van der Waals surface area contributed by atoms with E-state index in [1.54, 1.807) is 0 Å². The Hall–Kier alpha value is -0.600. The van der Waals surface area contributed by atoms with E-state index in [1.807, 2.05) is 36.0 Å². The molecule has 1 rings (SSSR count). The van der Waals surface area contributed by atoms with Gasteiger partial charge in [0.05, 0.1) is 0 Å². The van der Waals surface area contributed by atoms with Gasteiger partial charge in [-0.25, -0.2) is 4.57 Å². The summed E-state index contributed by atoms with van der Waals surface area (Å²) in [6, 6.07) is 4.01. The Morgan fingerprint density at radius 1 is 1.55 bits per heavy atom. The molecule has 0 bridgehead atoms. The molecule has 0 amide bonds. The Labute approximate surface area is 72.9 Å². The third kappa shape index (κ3) is 3.35. The first kappa shape index (κ1) is 10.4. The maximum Gasteiger partial charge on any atom is 0.171 e. The number of rotatable bonds is 2. The number of hydrogen-bond acceptors (Lipinski definition) is 1. The molecule has 0 aliphatic heterocycles. The van der Waals surface area contributed by atoms with Crippen molar-refractivity contribution in [2.75, 3.05) is 6.61 Å². The monoisotopic (exact) mass is 173 g/mol. The van der Waals surface area contributed by atoms with Gasteiger partial charge in [-0.1, -0.05) is 0 Å². The van der Waals surface area contributed by atoms with Crippen molar-refractivity contribution >= 4 is 0 Å². The molecular weight excluding hydrogens is 162 g/mol. The van der Waals surface area contributed by atoms with Crippen LogP contribution in [0.3, 0.4) is 0 Å². The molecule has 0 fully saturated rings. The predicted octanol–water partition coefficient (Wildman–Crippen LogP) is -2.72. The minimum absolute atomic E-state index is 0. The number of aliphatic hydroxyl groups excluding tert-OH is 1. The number of nitrogens with zero attached hydrogens (tertiary/aromatic N) is 1. The largest absolute Gasteiger partial charge is 1.00 e. The summed E-state index contributed by atoms with van der Waals surface area (Å²) >= 11 is 0. The van der Waals surface area contributed by atoms with Crippen LogP contribution in [0.15, 0.2) is 24.5 Å². The highest BCUT2D eigenvalue weighted by atomic mass is 35.5. The quantitative estimate of drug-likeness (QED) is 0.483. The average molecular weight is 174 g/mol. The van der Waals surface area contributed by atoms with Crippen LogP contribution >= 0.6 is 0 Å². The van der Waals surface area contributed by atoms with Crippen LogP contribution in [0.1, 0.15) is 5.56 Å². The van der Waals surface area contributed by atoms with Crippen LogP contribution in [0.25, 0.3) is 0 Å². The Bertz CT molecular complexity index is 215. The van der Waals surface area contributed by atoms with Crippen molar-refractivity contribution in [3.05, 3.63) is 30.1 Å². The highest BCUT2D eigenvalue weighted by Crippen LogP contribution is 1.88. The lowest BCUT2D eigenvalue weighted by atomic mass is 10.3. The van der Waals surface area contributed by atoms with Gasteiger partial charge < -0.3 is 17.5 Å². The van der Waals surface area contributed by atoms with E-state index in [0.717, 1.165) is 0 Å². The standard InChI is InChI=1S/C8H12NO.ClH/c1-8-3-2-4-9(7-8)5-6-10;/h2-4,7,10H,5-6H2,1H3;1H/q+1;/p-1. The SMILES string of the molecule is Cc1ccc[n+](CCO)c1.[Cl-]. The van der Waals surface area contributed by atoms with Crippen molar-refractivity contribution in [3.8, 4) is 0 Å². The smallest absolute Gasteiger partial charge is 0.171 e. The van der Waals surface area contributed by atoms with E-state index in [9.17, 15) is 0 Å². The predicted molar refractivity (Wildman–Crippen MR) is 38.5 cm³/mol. The van der Waals surface area contributed by atoms with Crippen molar-refractivity contribution in [1.82, 2.24) is 0 Å². The number of aryl methyl sites for hydroxylation is 1. The van der Waals surface area contributed by atoms with Crippen LogP contribution in [0, 0.1) is 6.92 Å². The summed E-state index contributed by atoms with van der Waals surface area (Å²) in [6.07, 6.45) is 3.96. The van der Waals surface area contributed by atoms with E-state index >= 15 is 0 Å². The number of hydrogen-bond donors (Lipinski definition) is 1. The molecule has 1 heterocycles. The first-order chi connectivity index (χ1) is 4.83. The Kier molecular flexibility index (Phi) is 4.83. The Morgan fingerprint density at radius 3 is 2.82 bits per heavy atom. The Balaban J connectivity index is 0.000001000. The molecule has 1 aromatic heterocycles. The highest BCUT2D eigenvalue weighted by Gasteiger charge is 1.95. The number of aromatic nitrogens is 1. The van der Waals surface area contributed by atoms with E-state index in [2.05, 4.69) is 0 Å². The van der Waals surface area contributed by atoms with Crippen LogP contribution in [-0.2, 0) is 6.54 Å². The number of halogens is 1. The summed E-state index contributed by atoms with van der Waals surface area (Å²) in [6.45, 7) is 2.92. The second-order valence-corrected chi connectivity index (χ2v) is 2.34. The molecule has 62 valence electrons. The minimum atomic E-state index is 0. The minimum Gasteiger partial charge on any atom is -1.00 e. The summed E-state index contributed by atoms with van der Waals surface area (Å²) in [5, 5.41) is 8.59. The zero-order valence-electron chi connectivity index (χ0n) is 6.50. The average Bonchev–Trinajstić information content (AvgIpc) is 1.88. The molecule has 0 saturated heterocycles. The second-order valence-electron chi connectivity index (χ2n) is 2.34. The molecule has 0 saturated carbocycles. The number of pyridine rings is 1. The molecular formula is C8H12ClNO. The first-order valence-electron chi connectivity index (χ1n) is 3.39. The summed E-state index contributed by atoms with van der Waals surface area (Å²) < 4.78 is 1.97. The molecule has 11 heavy (non-hydrogen) atoms. The molecule has 0 radical (unpaired) electrons. The second kappa shape index (κ2) is 5.10. The molecule has 0 spiro atoms. The van der Waals surface area contributed by atoms with Gasteiger partial charge in [0.25, 0.3) is 0 Å². The van der Waals surface area contributed by atoms with Gasteiger partial charge in [-0.05, 0) is 13.0 Å². The summed E-state index contributed by atoms with van der Waals surface area (Å²) in [5.41, 5.74) is 1.22. The van der Waals surface area contributed by atoms with Gasteiger partial charge in [0.15, 0.2) is 18.9 Å². The maximum atomic E-state index is 8.59. The van der Waals surface area contributed by atoms with Gasteiger partial charge in [0.1, 0.15) is 6.61 Å². The van der Waals surface area contributed by atoms with E-state index in [-0.39, 0.29) is 19.0 Å². The fraction of sp³-hybridized carbons (Fsp3) is 0.375. The maximum absolute atomic E-state index is 8.59. The van der Waals surface area contributed by atoms with Crippen molar-refractivity contribution in [3.63, 3.8) is 0 Å². The summed E-state index contributed by atoms with van der Waals surface area (Å²) in [7, 11) is 0. The molecule has 1 aromatic rings. The molecule has 2 nitrogen and oxygen atoms in total. The van der Waals surface area contributed by atoms with Crippen molar-refractivity contribution in [2.45, 2.75) is 13.5 Å². The summed E-state index contributed by atoms with van der Waals surface area (Å²) in [5.74, 6) is 0.